The van der Waals surface area contributed by atoms with Crippen LogP contribution in [0.4, 0.5) is 0 Å². The van der Waals surface area contributed by atoms with Crippen LogP contribution in [0.15, 0.2) is 0 Å². The van der Waals surface area contributed by atoms with Gasteiger partial charge < -0.3 is 5.73 Å². The number of nitrogens with two attached hydrogens (primary N) is 1. The van der Waals surface area contributed by atoms with Gasteiger partial charge in [0.2, 0.25) is 0 Å². The minimum absolute atomic E-state index is 0. The van der Waals surface area contributed by atoms with Crippen LogP contribution in [0.1, 0.15) is 0 Å². The van der Waals surface area contributed by atoms with E-state index in [1.165, 1.54) is 6.19 Å². The van der Waals surface area contributed by atoms with E-state index in [1.807, 2.05) is 0 Å². The van der Waals surface area contributed by atoms with Gasteiger partial charge >= 0.3 is 0 Å². The van der Waals surface area contributed by atoms with Gasteiger partial charge in [0.25, 0.3) is 0 Å². The zero-order valence-electron chi connectivity index (χ0n) is 2.23. The molecule has 0 amide bonds. The first-order valence-corrected chi connectivity index (χ1v) is 0.512. The van der Waals surface area contributed by atoms with Crippen LogP contribution in [0.25, 0.3) is 0 Å². The summed E-state index contributed by atoms with van der Waals surface area (Å²) in [5.74, 6) is 0. The second-order valence-corrected chi connectivity index (χ2v) is 0.129. The van der Waals surface area contributed by atoms with Gasteiger partial charge in [0.1, 0.15) is 0 Å². The van der Waals surface area contributed by atoms with Gasteiger partial charge in [0, 0.05) is 45.5 Å². The van der Waals surface area contributed by atoms with Gasteiger partial charge in [-0.2, -0.15) is 5.26 Å². The van der Waals surface area contributed by atoms with Gasteiger partial charge in [-0.3, -0.25) is 0 Å². The zero-order valence-corrected chi connectivity index (χ0v) is 5.71. The van der Waals surface area contributed by atoms with E-state index in [0.29, 0.717) is 0 Å². The van der Waals surface area contributed by atoms with Crippen molar-refractivity contribution in [1.82, 2.24) is 0 Å². The van der Waals surface area contributed by atoms with Gasteiger partial charge in [-0.05, 0) is 0 Å². The maximum Gasteiger partial charge on any atom is 0.173 e. The summed E-state index contributed by atoms with van der Waals surface area (Å²) >= 11 is 0. The van der Waals surface area contributed by atoms with Crippen molar-refractivity contribution in [3.05, 3.63) is 0 Å². The predicted octanol–water partition coefficient (Wildman–Crippen LogP) is -0.955. The molecule has 0 bridgehead atoms. The van der Waals surface area contributed by atoms with Gasteiger partial charge in [0.15, 0.2) is 6.19 Å². The Hall–Kier alpha value is 0.771. The molecule has 4 heavy (non-hydrogen) atoms. The third-order valence-corrected chi connectivity index (χ3v) is 0. The van der Waals surface area contributed by atoms with E-state index in [0.717, 1.165) is 0 Å². The van der Waals surface area contributed by atoms with Crippen LogP contribution in [0.5, 0.6) is 0 Å². The molecule has 0 aliphatic rings. The second kappa shape index (κ2) is 9.23. The van der Waals surface area contributed by atoms with E-state index in [9.17, 15) is 0 Å². The van der Waals surface area contributed by atoms with E-state index in [4.69, 9.17) is 5.26 Å². The molecule has 0 aromatic carbocycles. The summed E-state index contributed by atoms with van der Waals surface area (Å²) in [7, 11) is 0. The zero-order chi connectivity index (χ0) is 2.71. The Labute approximate surface area is 61.9 Å². The van der Waals surface area contributed by atoms with Crippen LogP contribution in [-0.2, 0) is 0 Å². The smallest absolute Gasteiger partial charge is 0.173 e. The first kappa shape index (κ1) is 8.84. The quantitative estimate of drug-likeness (QED) is 0.260. The molecule has 0 rings (SSSR count). The molecule has 2 nitrogen and oxygen atoms in total. The molecule has 3 heteroatoms. The normalized spacial score (nSPS) is 1.75. The van der Waals surface area contributed by atoms with E-state index in [2.05, 4.69) is 5.73 Å². The van der Waals surface area contributed by atoms with Gasteiger partial charge in [-0.25, -0.2) is 0 Å². The number of rotatable bonds is 0. The standard InChI is InChI=1S/CH2N2.Sr/c2-1-3;/h2H2;. The summed E-state index contributed by atoms with van der Waals surface area (Å²) in [6.45, 7) is 0. The first-order valence-electron chi connectivity index (χ1n) is 0.512. The Morgan fingerprint density at radius 2 is 1.75 bits per heavy atom. The molecule has 0 unspecified atom stereocenters. The third kappa shape index (κ3) is 14.6. The number of nitriles is 1. The Morgan fingerprint density at radius 3 is 1.75 bits per heavy atom. The van der Waals surface area contributed by atoms with Gasteiger partial charge in [0.05, 0.1) is 0 Å². The number of hydrogen-bond donors (Lipinski definition) is 1. The maximum atomic E-state index is 7.10. The van der Waals surface area contributed by atoms with Crippen molar-refractivity contribution >= 4 is 45.5 Å². The summed E-state index contributed by atoms with van der Waals surface area (Å²) in [4.78, 5) is 0. The van der Waals surface area contributed by atoms with Crippen molar-refractivity contribution in [3.63, 3.8) is 0 Å². The molecule has 0 heterocycles. The fraction of sp³-hybridized carbons (Fsp3) is 0. The van der Waals surface area contributed by atoms with Gasteiger partial charge in [-0.1, -0.05) is 0 Å². The average Bonchev–Trinajstić information content (AvgIpc) is 0.918. The van der Waals surface area contributed by atoms with Crippen LogP contribution in [0.2, 0.25) is 0 Å². The largest absolute Gasteiger partial charge is 0.337 e. The summed E-state index contributed by atoms with van der Waals surface area (Å²) in [5, 5.41) is 7.10. The molecule has 0 aliphatic carbocycles. The fourth-order valence-electron chi connectivity index (χ4n) is 0. The van der Waals surface area contributed by atoms with Crippen molar-refractivity contribution < 1.29 is 0 Å². The first-order chi connectivity index (χ1) is 1.41. The van der Waals surface area contributed by atoms with E-state index in [-0.39, 0.29) is 45.5 Å². The van der Waals surface area contributed by atoms with Crippen LogP contribution in [0, 0.1) is 11.5 Å². The van der Waals surface area contributed by atoms with Crippen LogP contribution in [-0.4, -0.2) is 45.5 Å². The molecule has 0 fully saturated rings. The molecule has 18 valence electrons. The Balaban J connectivity index is 0. The Bertz CT molecular complexity index is 27.5. The van der Waals surface area contributed by atoms with E-state index >= 15 is 0 Å². The van der Waals surface area contributed by atoms with Crippen molar-refractivity contribution in [2.24, 2.45) is 5.73 Å². The molecule has 0 saturated carbocycles. The van der Waals surface area contributed by atoms with Crippen molar-refractivity contribution in [3.8, 4) is 6.19 Å². The molecule has 0 aromatic rings. The topological polar surface area (TPSA) is 49.8 Å². The predicted molar refractivity (Wildman–Crippen MR) is 15.6 cm³/mol. The summed E-state index contributed by atoms with van der Waals surface area (Å²) in [6, 6.07) is 0. The monoisotopic (exact) mass is 130 g/mol. The molecule has 0 aromatic heterocycles. The Kier molecular flexibility index (Phi) is 20.4. The number of hydrogen-bond acceptors (Lipinski definition) is 2. The molecule has 0 aliphatic heterocycles. The van der Waals surface area contributed by atoms with E-state index in [1.54, 1.807) is 0 Å². The van der Waals surface area contributed by atoms with Crippen molar-refractivity contribution in [2.45, 2.75) is 0 Å². The average molecular weight is 130 g/mol. The van der Waals surface area contributed by atoms with Crippen molar-refractivity contribution in [1.29, 1.82) is 5.26 Å². The molecule has 0 saturated heterocycles. The fourth-order valence-corrected chi connectivity index (χ4v) is 0. The second-order valence-electron chi connectivity index (χ2n) is 0.129. The maximum absolute atomic E-state index is 7.10. The van der Waals surface area contributed by atoms with Crippen LogP contribution >= 0.6 is 0 Å². The van der Waals surface area contributed by atoms with Crippen LogP contribution < -0.4 is 5.73 Å². The van der Waals surface area contributed by atoms with E-state index < -0.39 is 0 Å². The minimum Gasteiger partial charge on any atom is -0.337 e. The molecular weight excluding hydrogens is 128 g/mol. The number of nitrogens with zero attached hydrogens (tertiary/aromatic N) is 1. The minimum atomic E-state index is 0. The van der Waals surface area contributed by atoms with Crippen molar-refractivity contribution in [2.75, 3.05) is 0 Å². The summed E-state index contributed by atoms with van der Waals surface area (Å²) in [5.41, 5.74) is 4.15. The molecule has 2 N–H and O–H groups in total. The molecule has 2 radical (unpaired) electrons. The Morgan fingerprint density at radius 1 is 1.75 bits per heavy atom. The summed E-state index contributed by atoms with van der Waals surface area (Å²) < 4.78 is 0. The molecule has 0 spiro atoms. The molecule has 0 atom stereocenters. The molecular formula is CH2N2Sr. The summed E-state index contributed by atoms with van der Waals surface area (Å²) in [6.07, 6.45) is 1.25. The SMILES string of the molecule is N#CN.[Sr]. The van der Waals surface area contributed by atoms with Crippen LogP contribution in [0.3, 0.4) is 0 Å². The third-order valence-electron chi connectivity index (χ3n) is 0. The van der Waals surface area contributed by atoms with Gasteiger partial charge in [-0.15, -0.1) is 0 Å².